The molecule has 2 rings (SSSR count). The molecule has 4 N–H and O–H groups in total. The molecule has 0 atom stereocenters. The molecule has 2 aromatic rings. The van der Waals surface area contributed by atoms with E-state index in [0.717, 1.165) is 5.56 Å². The van der Waals surface area contributed by atoms with E-state index in [9.17, 15) is 4.79 Å². The second-order valence-corrected chi connectivity index (χ2v) is 3.95. The van der Waals surface area contributed by atoms with E-state index in [1.165, 1.54) is 11.3 Å². The highest BCUT2D eigenvalue weighted by molar-refractivity contribution is 7.14. The summed E-state index contributed by atoms with van der Waals surface area (Å²) in [4.78, 5) is 14.5. The summed E-state index contributed by atoms with van der Waals surface area (Å²) in [6.07, 6.45) is -1.12. The molecule has 0 fully saturated rings. The number of rotatable bonds is 2. The third-order valence-electron chi connectivity index (χ3n) is 1.90. The molecule has 0 aliphatic rings. The van der Waals surface area contributed by atoms with Crippen molar-refractivity contribution in [3.63, 3.8) is 0 Å². The number of amides is 1. The van der Waals surface area contributed by atoms with Crippen LogP contribution in [0.15, 0.2) is 29.6 Å². The molecule has 0 aliphatic carbocycles. The first-order valence-electron chi connectivity index (χ1n) is 4.46. The van der Waals surface area contributed by atoms with Crippen molar-refractivity contribution >= 4 is 28.2 Å². The zero-order valence-corrected chi connectivity index (χ0v) is 8.99. The molecule has 0 saturated heterocycles. The molecule has 0 radical (unpaired) electrons. The Morgan fingerprint density at radius 1 is 1.50 bits per heavy atom. The third kappa shape index (κ3) is 2.29. The van der Waals surface area contributed by atoms with Gasteiger partial charge in [-0.25, -0.2) is 9.78 Å². The number of benzene rings is 1. The van der Waals surface area contributed by atoms with E-state index in [-0.39, 0.29) is 0 Å². The minimum atomic E-state index is -1.12. The van der Waals surface area contributed by atoms with Gasteiger partial charge in [-0.3, -0.25) is 5.32 Å². The molecule has 0 spiro atoms. The number of carbonyl (C=O) groups is 1. The van der Waals surface area contributed by atoms with Gasteiger partial charge in [-0.1, -0.05) is 12.1 Å². The van der Waals surface area contributed by atoms with Crippen LogP contribution in [0.4, 0.5) is 15.6 Å². The molecule has 1 heterocycles. The van der Waals surface area contributed by atoms with Crippen molar-refractivity contribution in [3.8, 4) is 11.3 Å². The maximum atomic E-state index is 10.4. The highest BCUT2D eigenvalue weighted by atomic mass is 32.1. The van der Waals surface area contributed by atoms with Gasteiger partial charge in [0.25, 0.3) is 0 Å². The normalized spacial score (nSPS) is 10.0. The Kier molecular flexibility index (Phi) is 2.74. The van der Waals surface area contributed by atoms with E-state index in [1.807, 2.05) is 12.1 Å². The predicted molar refractivity (Wildman–Crippen MR) is 63.6 cm³/mol. The standard InChI is InChI=1S/C10H9N3O2S/c11-7-3-1-2-6(4-7)8-5-16-9(12-8)13-10(14)15/h1-5H,11H2,(H,12,13)(H,14,15). The van der Waals surface area contributed by atoms with Gasteiger partial charge >= 0.3 is 6.09 Å². The van der Waals surface area contributed by atoms with E-state index < -0.39 is 6.09 Å². The minimum absolute atomic E-state index is 0.352. The van der Waals surface area contributed by atoms with Crippen LogP contribution in [0.2, 0.25) is 0 Å². The highest BCUT2D eigenvalue weighted by Crippen LogP contribution is 2.25. The van der Waals surface area contributed by atoms with Crippen molar-refractivity contribution < 1.29 is 9.90 Å². The van der Waals surface area contributed by atoms with Gasteiger partial charge in [0.15, 0.2) is 5.13 Å². The van der Waals surface area contributed by atoms with E-state index >= 15 is 0 Å². The number of nitrogen functional groups attached to an aromatic ring is 1. The van der Waals surface area contributed by atoms with E-state index in [4.69, 9.17) is 10.8 Å². The zero-order valence-electron chi connectivity index (χ0n) is 8.18. The molecule has 0 unspecified atom stereocenters. The number of anilines is 2. The molecule has 1 amide bonds. The van der Waals surface area contributed by atoms with Crippen LogP contribution in [0.5, 0.6) is 0 Å². The van der Waals surface area contributed by atoms with E-state index in [1.54, 1.807) is 17.5 Å². The first kappa shape index (κ1) is 10.4. The van der Waals surface area contributed by atoms with Gasteiger partial charge in [0.05, 0.1) is 5.69 Å². The summed E-state index contributed by atoms with van der Waals surface area (Å²) >= 11 is 1.23. The van der Waals surface area contributed by atoms with Crippen molar-refractivity contribution in [2.24, 2.45) is 0 Å². The van der Waals surface area contributed by atoms with Crippen LogP contribution in [-0.4, -0.2) is 16.2 Å². The fourth-order valence-corrected chi connectivity index (χ4v) is 1.96. The van der Waals surface area contributed by atoms with Crippen LogP contribution in [0.3, 0.4) is 0 Å². The molecule has 16 heavy (non-hydrogen) atoms. The number of aromatic nitrogens is 1. The molecule has 82 valence electrons. The number of hydrogen-bond donors (Lipinski definition) is 3. The first-order chi connectivity index (χ1) is 7.65. The Bertz CT molecular complexity index is 524. The molecule has 1 aromatic heterocycles. The molecule has 0 aliphatic heterocycles. The minimum Gasteiger partial charge on any atom is -0.465 e. The average Bonchev–Trinajstić information content (AvgIpc) is 2.65. The molecular weight excluding hydrogens is 226 g/mol. The van der Waals surface area contributed by atoms with Crippen molar-refractivity contribution in [2.45, 2.75) is 0 Å². The Labute approximate surface area is 95.6 Å². The first-order valence-corrected chi connectivity index (χ1v) is 5.34. The Hall–Kier alpha value is -2.08. The second-order valence-electron chi connectivity index (χ2n) is 3.09. The van der Waals surface area contributed by atoms with Crippen molar-refractivity contribution in [1.29, 1.82) is 0 Å². The number of nitrogens with zero attached hydrogens (tertiary/aromatic N) is 1. The highest BCUT2D eigenvalue weighted by Gasteiger charge is 2.06. The number of nitrogens with two attached hydrogens (primary N) is 1. The number of carboxylic acid groups (broad SMARTS) is 1. The van der Waals surface area contributed by atoms with Crippen molar-refractivity contribution in [1.82, 2.24) is 4.98 Å². The SMILES string of the molecule is Nc1cccc(-c2csc(NC(=O)O)n2)c1. The molecule has 0 saturated carbocycles. The molecule has 1 aromatic carbocycles. The maximum Gasteiger partial charge on any atom is 0.410 e. The second kappa shape index (κ2) is 4.19. The van der Waals surface area contributed by atoms with Gasteiger partial charge in [-0.05, 0) is 12.1 Å². The van der Waals surface area contributed by atoms with Crippen LogP contribution in [0.1, 0.15) is 0 Å². The Balaban J connectivity index is 2.28. The number of nitrogens with one attached hydrogen (secondary N) is 1. The van der Waals surface area contributed by atoms with E-state index in [0.29, 0.717) is 16.5 Å². The fourth-order valence-electron chi connectivity index (χ4n) is 1.25. The van der Waals surface area contributed by atoms with Gasteiger partial charge in [0.2, 0.25) is 0 Å². The third-order valence-corrected chi connectivity index (χ3v) is 2.66. The van der Waals surface area contributed by atoms with Crippen LogP contribution < -0.4 is 11.1 Å². The lowest BCUT2D eigenvalue weighted by molar-refractivity contribution is 0.209. The summed E-state index contributed by atoms with van der Waals surface area (Å²) in [6, 6.07) is 7.27. The molecular formula is C10H9N3O2S. The summed E-state index contributed by atoms with van der Waals surface area (Å²) in [5.41, 5.74) is 7.88. The lowest BCUT2D eigenvalue weighted by Crippen LogP contribution is -2.06. The van der Waals surface area contributed by atoms with Crippen molar-refractivity contribution in [3.05, 3.63) is 29.6 Å². The van der Waals surface area contributed by atoms with E-state index in [2.05, 4.69) is 10.3 Å². The molecule has 6 heteroatoms. The lowest BCUT2D eigenvalue weighted by Gasteiger charge is -1.97. The fraction of sp³-hybridized carbons (Fsp3) is 0. The summed E-state index contributed by atoms with van der Waals surface area (Å²) < 4.78 is 0. The summed E-state index contributed by atoms with van der Waals surface area (Å²) in [6.45, 7) is 0. The predicted octanol–water partition coefficient (Wildman–Crippen LogP) is 2.48. The van der Waals surface area contributed by atoms with Gasteiger partial charge < -0.3 is 10.8 Å². The largest absolute Gasteiger partial charge is 0.465 e. The van der Waals surface area contributed by atoms with Gasteiger partial charge in [0.1, 0.15) is 0 Å². The Morgan fingerprint density at radius 3 is 3.00 bits per heavy atom. The van der Waals surface area contributed by atoms with Crippen LogP contribution >= 0.6 is 11.3 Å². The number of thiazole rings is 1. The van der Waals surface area contributed by atoms with Crippen LogP contribution in [-0.2, 0) is 0 Å². The Morgan fingerprint density at radius 2 is 2.31 bits per heavy atom. The average molecular weight is 235 g/mol. The van der Waals surface area contributed by atoms with Gasteiger partial charge in [-0.2, -0.15) is 0 Å². The number of hydrogen-bond acceptors (Lipinski definition) is 4. The summed E-state index contributed by atoms with van der Waals surface area (Å²) in [5.74, 6) is 0. The maximum absolute atomic E-state index is 10.4. The summed E-state index contributed by atoms with van der Waals surface area (Å²) in [5, 5.41) is 12.9. The topological polar surface area (TPSA) is 88.2 Å². The van der Waals surface area contributed by atoms with Gasteiger partial charge in [0, 0.05) is 16.6 Å². The van der Waals surface area contributed by atoms with Crippen molar-refractivity contribution in [2.75, 3.05) is 11.1 Å². The monoisotopic (exact) mass is 235 g/mol. The van der Waals surface area contributed by atoms with Crippen LogP contribution in [0.25, 0.3) is 11.3 Å². The molecule has 0 bridgehead atoms. The zero-order chi connectivity index (χ0) is 11.5. The smallest absolute Gasteiger partial charge is 0.410 e. The lowest BCUT2D eigenvalue weighted by atomic mass is 10.1. The quantitative estimate of drug-likeness (QED) is 0.698. The van der Waals surface area contributed by atoms with Crippen LogP contribution in [0, 0.1) is 0 Å². The molecule has 5 nitrogen and oxygen atoms in total. The van der Waals surface area contributed by atoms with Gasteiger partial charge in [-0.15, -0.1) is 11.3 Å². The summed E-state index contributed by atoms with van der Waals surface area (Å²) in [7, 11) is 0.